The number of thiazole rings is 1. The summed E-state index contributed by atoms with van der Waals surface area (Å²) in [6.07, 6.45) is 1.46. The lowest BCUT2D eigenvalue weighted by molar-refractivity contribution is -0.115. The van der Waals surface area contributed by atoms with Crippen LogP contribution in [0.5, 0.6) is 0 Å². The van der Waals surface area contributed by atoms with Crippen LogP contribution < -0.4 is 10.9 Å². The van der Waals surface area contributed by atoms with Crippen LogP contribution in [0.1, 0.15) is 24.5 Å². The molecule has 1 amide bonds. The summed E-state index contributed by atoms with van der Waals surface area (Å²) < 4.78 is 28.1. The van der Waals surface area contributed by atoms with Crippen LogP contribution in [0.2, 0.25) is 0 Å². The summed E-state index contributed by atoms with van der Waals surface area (Å²) in [7, 11) is -3.67. The van der Waals surface area contributed by atoms with Crippen molar-refractivity contribution in [3.8, 4) is 0 Å². The molecule has 0 aliphatic heterocycles. The molecule has 8 nitrogen and oxygen atoms in total. The highest BCUT2D eigenvalue weighted by atomic mass is 32.2. The number of pyridine rings is 1. The fourth-order valence-electron chi connectivity index (χ4n) is 3.04. The third-order valence-electron chi connectivity index (χ3n) is 4.60. The Balaban J connectivity index is 1.73. The molecule has 0 radical (unpaired) electrons. The van der Waals surface area contributed by atoms with Crippen LogP contribution in [-0.2, 0) is 27.8 Å². The minimum absolute atomic E-state index is 0.0634. The molecule has 10 heteroatoms. The highest BCUT2D eigenvalue weighted by Gasteiger charge is 2.22. The van der Waals surface area contributed by atoms with Crippen molar-refractivity contribution in [1.82, 2.24) is 13.9 Å². The van der Waals surface area contributed by atoms with Crippen LogP contribution in [0.4, 0.5) is 5.69 Å². The molecule has 2 aromatic heterocycles. The smallest absolute Gasteiger partial charge is 0.250 e. The lowest BCUT2D eigenvalue weighted by Crippen LogP contribution is -2.32. The van der Waals surface area contributed by atoms with Crippen molar-refractivity contribution >= 4 is 33.0 Å². The summed E-state index contributed by atoms with van der Waals surface area (Å²) in [5, 5.41) is 5.19. The number of rotatable bonds is 9. The summed E-state index contributed by atoms with van der Waals surface area (Å²) in [6.45, 7) is 4.35. The molecule has 3 rings (SSSR count). The second-order valence-electron chi connectivity index (χ2n) is 6.74. The highest BCUT2D eigenvalue weighted by Crippen LogP contribution is 2.16. The summed E-state index contributed by atoms with van der Waals surface area (Å²) in [6, 6.07) is 11.7. The largest absolute Gasteiger partial charge is 0.326 e. The van der Waals surface area contributed by atoms with Crippen LogP contribution >= 0.6 is 11.3 Å². The first-order chi connectivity index (χ1) is 14.8. The van der Waals surface area contributed by atoms with Crippen molar-refractivity contribution < 1.29 is 13.2 Å². The van der Waals surface area contributed by atoms with Gasteiger partial charge in [0.15, 0.2) is 0 Å². The topological polar surface area (TPSA) is 101 Å². The Kier molecular flexibility index (Phi) is 7.37. The molecule has 3 aromatic rings. The minimum atomic E-state index is -3.67. The number of carbonyl (C=O) groups excluding carboxylic acids is 1. The van der Waals surface area contributed by atoms with Crippen molar-refractivity contribution in [2.24, 2.45) is 0 Å². The van der Waals surface area contributed by atoms with Crippen molar-refractivity contribution in [2.45, 2.75) is 31.7 Å². The van der Waals surface area contributed by atoms with E-state index in [4.69, 9.17) is 0 Å². The molecule has 0 fully saturated rings. The van der Waals surface area contributed by atoms with E-state index in [1.807, 2.05) is 18.2 Å². The van der Waals surface area contributed by atoms with Crippen LogP contribution in [0.3, 0.4) is 0 Å². The fraction of sp³-hybridized carbons (Fsp3) is 0.286. The fourth-order valence-corrected chi connectivity index (χ4v) is 5.30. The van der Waals surface area contributed by atoms with Gasteiger partial charge in [0, 0.05) is 36.4 Å². The number of carbonyl (C=O) groups is 1. The van der Waals surface area contributed by atoms with Gasteiger partial charge in [-0.15, -0.1) is 11.3 Å². The predicted molar refractivity (Wildman–Crippen MR) is 121 cm³/mol. The number of amides is 1. The summed E-state index contributed by atoms with van der Waals surface area (Å²) >= 11 is 1.32. The van der Waals surface area contributed by atoms with Gasteiger partial charge in [0.25, 0.3) is 5.56 Å². The molecule has 1 N–H and O–H groups in total. The number of nitrogens with one attached hydrogen (secondary N) is 1. The SMILES string of the molecule is CCN(CC)S(=O)(=O)c1ccc(=O)n(Cc2csc(CC(=O)Nc3ccccc3)n2)c1. The first-order valence-electron chi connectivity index (χ1n) is 9.82. The van der Waals surface area contributed by atoms with Crippen LogP contribution in [0.15, 0.2) is 63.7 Å². The third-order valence-corrected chi connectivity index (χ3v) is 7.53. The normalized spacial score (nSPS) is 11.6. The van der Waals surface area contributed by atoms with Crippen molar-refractivity contribution in [1.29, 1.82) is 0 Å². The minimum Gasteiger partial charge on any atom is -0.326 e. The molecule has 0 aliphatic carbocycles. The zero-order valence-corrected chi connectivity index (χ0v) is 18.9. The standard InChI is InChI=1S/C21H24N4O4S2/c1-3-25(4-2)31(28,29)18-10-11-21(27)24(14-18)13-17-15-30-20(23-17)12-19(26)22-16-8-6-5-7-9-16/h5-11,14-15H,3-4,12-13H2,1-2H3,(H,22,26). The molecule has 164 valence electrons. The van der Waals surface area contributed by atoms with Gasteiger partial charge in [-0.25, -0.2) is 13.4 Å². The van der Waals surface area contributed by atoms with E-state index in [9.17, 15) is 18.0 Å². The quantitative estimate of drug-likeness (QED) is 0.529. The molecule has 0 bridgehead atoms. The van der Waals surface area contributed by atoms with Gasteiger partial charge >= 0.3 is 0 Å². The third kappa shape index (κ3) is 5.66. The van der Waals surface area contributed by atoms with Gasteiger partial charge in [0.05, 0.1) is 23.6 Å². The highest BCUT2D eigenvalue weighted by molar-refractivity contribution is 7.89. The van der Waals surface area contributed by atoms with E-state index in [2.05, 4.69) is 10.3 Å². The molecule has 0 saturated heterocycles. The van der Waals surface area contributed by atoms with E-state index in [0.717, 1.165) is 0 Å². The first kappa shape index (κ1) is 22.9. The van der Waals surface area contributed by atoms with E-state index >= 15 is 0 Å². The van der Waals surface area contributed by atoms with E-state index in [1.165, 1.54) is 38.5 Å². The van der Waals surface area contributed by atoms with Crippen molar-refractivity contribution in [3.63, 3.8) is 0 Å². The van der Waals surface area contributed by atoms with Gasteiger partial charge in [-0.05, 0) is 18.2 Å². The molecule has 0 spiro atoms. The maximum absolute atomic E-state index is 12.7. The Morgan fingerprint density at radius 1 is 1.13 bits per heavy atom. The number of hydrogen-bond donors (Lipinski definition) is 1. The Morgan fingerprint density at radius 3 is 2.52 bits per heavy atom. The number of anilines is 1. The molecule has 2 heterocycles. The molecule has 1 aromatic carbocycles. The van der Waals surface area contributed by atoms with E-state index in [1.54, 1.807) is 31.4 Å². The Labute approximate surface area is 185 Å². The molecule has 0 saturated carbocycles. The van der Waals surface area contributed by atoms with Crippen LogP contribution in [0, 0.1) is 0 Å². The van der Waals surface area contributed by atoms with E-state index in [-0.39, 0.29) is 29.3 Å². The molecule has 0 atom stereocenters. The summed E-state index contributed by atoms with van der Waals surface area (Å²) in [5.41, 5.74) is 0.976. The predicted octanol–water partition coefficient (Wildman–Crippen LogP) is 2.56. The average molecular weight is 461 g/mol. The van der Waals surface area contributed by atoms with E-state index in [0.29, 0.717) is 29.5 Å². The van der Waals surface area contributed by atoms with Gasteiger partial charge < -0.3 is 9.88 Å². The summed E-state index contributed by atoms with van der Waals surface area (Å²) in [4.78, 5) is 29.0. The lowest BCUT2D eigenvalue weighted by Gasteiger charge is -2.18. The number of sulfonamides is 1. The summed E-state index contributed by atoms with van der Waals surface area (Å²) in [5.74, 6) is -0.184. The number of benzene rings is 1. The molecule has 0 aliphatic rings. The number of hydrogen-bond acceptors (Lipinski definition) is 6. The number of para-hydroxylation sites is 1. The van der Waals surface area contributed by atoms with Crippen molar-refractivity contribution in [2.75, 3.05) is 18.4 Å². The zero-order valence-electron chi connectivity index (χ0n) is 17.3. The second kappa shape index (κ2) is 9.99. The van der Waals surface area contributed by atoms with Gasteiger partial charge in [-0.2, -0.15) is 4.31 Å². The maximum atomic E-state index is 12.7. The Bertz CT molecular complexity index is 1200. The zero-order chi connectivity index (χ0) is 22.4. The van der Waals surface area contributed by atoms with Gasteiger partial charge in [-0.1, -0.05) is 32.0 Å². The Hall–Kier alpha value is -2.82. The van der Waals surface area contributed by atoms with Crippen molar-refractivity contribution in [3.05, 3.63) is 75.1 Å². The molecule has 0 unspecified atom stereocenters. The van der Waals surface area contributed by atoms with Gasteiger partial charge in [0.2, 0.25) is 15.9 Å². The molecular weight excluding hydrogens is 436 g/mol. The number of aromatic nitrogens is 2. The maximum Gasteiger partial charge on any atom is 0.250 e. The first-order valence-corrected chi connectivity index (χ1v) is 12.1. The van der Waals surface area contributed by atoms with Crippen LogP contribution in [-0.4, -0.2) is 41.3 Å². The monoisotopic (exact) mass is 460 g/mol. The second-order valence-corrected chi connectivity index (χ2v) is 9.62. The van der Waals surface area contributed by atoms with E-state index < -0.39 is 10.0 Å². The van der Waals surface area contributed by atoms with Gasteiger partial charge in [-0.3, -0.25) is 9.59 Å². The number of nitrogens with zero attached hydrogens (tertiary/aromatic N) is 3. The van der Waals surface area contributed by atoms with Gasteiger partial charge in [0.1, 0.15) is 5.01 Å². The molecular formula is C21H24N4O4S2. The lowest BCUT2D eigenvalue weighted by atomic mass is 10.3. The average Bonchev–Trinajstić information content (AvgIpc) is 3.17. The Morgan fingerprint density at radius 2 is 1.84 bits per heavy atom. The van der Waals surface area contributed by atoms with Crippen LogP contribution in [0.25, 0.3) is 0 Å². The molecule has 31 heavy (non-hydrogen) atoms.